The van der Waals surface area contributed by atoms with Crippen molar-refractivity contribution in [3.05, 3.63) is 57.4 Å². The fourth-order valence-electron chi connectivity index (χ4n) is 5.30. The molecule has 188 valence electrons. The summed E-state index contributed by atoms with van der Waals surface area (Å²) in [5.74, 6) is 0.440. The third-order valence-electron chi connectivity index (χ3n) is 7.60. The number of likely N-dealkylation sites (N-methyl/N-ethyl adjacent to an activating group) is 1. The monoisotopic (exact) mass is 492 g/mol. The van der Waals surface area contributed by atoms with Crippen LogP contribution in [0.1, 0.15) is 30.0 Å². The highest BCUT2D eigenvalue weighted by Crippen LogP contribution is 2.40. The maximum absolute atomic E-state index is 13.3. The number of carbonyl (C=O) groups is 1. The third-order valence-corrected chi connectivity index (χ3v) is 7.60. The second kappa shape index (κ2) is 8.38. The number of benzene rings is 1. The summed E-state index contributed by atoms with van der Waals surface area (Å²) in [6.45, 7) is 4.89. The van der Waals surface area contributed by atoms with Crippen LogP contribution in [0.15, 0.2) is 35.1 Å². The number of aromatic nitrogens is 2. The minimum absolute atomic E-state index is 0.0638. The second-order valence-corrected chi connectivity index (χ2v) is 9.76. The van der Waals surface area contributed by atoms with Crippen molar-refractivity contribution < 1.29 is 24.5 Å². The van der Waals surface area contributed by atoms with Crippen molar-refractivity contribution >= 4 is 17.0 Å². The van der Waals surface area contributed by atoms with Crippen LogP contribution in [0, 0.1) is 0 Å². The van der Waals surface area contributed by atoms with Gasteiger partial charge < -0.3 is 34.1 Å². The summed E-state index contributed by atoms with van der Waals surface area (Å²) >= 11 is 0. The van der Waals surface area contributed by atoms with E-state index in [1.807, 2.05) is 13.1 Å². The molecule has 2 atom stereocenters. The molecule has 3 aromatic rings. The van der Waals surface area contributed by atoms with Crippen molar-refractivity contribution in [1.29, 1.82) is 0 Å². The van der Waals surface area contributed by atoms with Crippen LogP contribution in [0.3, 0.4) is 0 Å². The Bertz CT molecular complexity index is 1440. The van der Waals surface area contributed by atoms with Gasteiger partial charge in [-0.15, -0.1) is 0 Å². The molecule has 0 radical (unpaired) electrons. The van der Waals surface area contributed by atoms with Crippen molar-refractivity contribution in [1.82, 2.24) is 19.4 Å². The second-order valence-electron chi connectivity index (χ2n) is 9.76. The Hall–Kier alpha value is -3.31. The van der Waals surface area contributed by atoms with E-state index in [-0.39, 0.29) is 24.7 Å². The van der Waals surface area contributed by atoms with Gasteiger partial charge in [0.1, 0.15) is 11.4 Å². The SMILES string of the molecule is CC[C@]1(O)c2cc3n(c(=O)c2COC1O)Cc1cc2cc(OC(=O)N4CCN(C)CC4)ccc2nc1-3. The molecule has 3 aliphatic heterocycles. The van der Waals surface area contributed by atoms with Gasteiger partial charge in [0.05, 0.1) is 30.1 Å². The van der Waals surface area contributed by atoms with Crippen molar-refractivity contribution in [2.24, 2.45) is 0 Å². The predicted octanol–water partition coefficient (Wildman–Crippen LogP) is 1.62. The minimum atomic E-state index is -1.66. The van der Waals surface area contributed by atoms with Gasteiger partial charge in [-0.3, -0.25) is 4.79 Å². The Morgan fingerprint density at radius 3 is 2.75 bits per heavy atom. The summed E-state index contributed by atoms with van der Waals surface area (Å²) in [4.78, 5) is 34.6. The molecule has 3 aliphatic rings. The summed E-state index contributed by atoms with van der Waals surface area (Å²) in [5.41, 5.74) is 1.62. The summed E-state index contributed by atoms with van der Waals surface area (Å²) in [5, 5.41) is 22.2. The maximum Gasteiger partial charge on any atom is 0.415 e. The molecule has 0 bridgehead atoms. The van der Waals surface area contributed by atoms with Gasteiger partial charge in [-0.2, -0.15) is 0 Å². The van der Waals surface area contributed by atoms with E-state index >= 15 is 0 Å². The minimum Gasteiger partial charge on any atom is -0.410 e. The largest absolute Gasteiger partial charge is 0.415 e. The number of amides is 1. The van der Waals surface area contributed by atoms with Crippen LogP contribution < -0.4 is 10.3 Å². The lowest BCUT2D eigenvalue weighted by atomic mass is 9.85. The van der Waals surface area contributed by atoms with Gasteiger partial charge in [0, 0.05) is 48.3 Å². The molecule has 2 N–H and O–H groups in total. The Morgan fingerprint density at radius 2 is 2.00 bits per heavy atom. The van der Waals surface area contributed by atoms with Gasteiger partial charge in [-0.05, 0) is 43.8 Å². The number of hydrogen-bond donors (Lipinski definition) is 2. The van der Waals surface area contributed by atoms with E-state index in [0.717, 1.165) is 24.0 Å². The number of ether oxygens (including phenoxy) is 2. The highest BCUT2D eigenvalue weighted by molar-refractivity contribution is 5.86. The maximum atomic E-state index is 13.3. The van der Waals surface area contributed by atoms with E-state index in [1.54, 1.807) is 40.7 Å². The first kappa shape index (κ1) is 23.1. The first-order valence-electron chi connectivity index (χ1n) is 12.2. The van der Waals surface area contributed by atoms with Crippen molar-refractivity contribution in [2.75, 3.05) is 33.2 Å². The zero-order valence-electron chi connectivity index (χ0n) is 20.2. The Morgan fingerprint density at radius 1 is 1.22 bits per heavy atom. The van der Waals surface area contributed by atoms with E-state index in [4.69, 9.17) is 14.5 Å². The molecule has 1 aromatic carbocycles. The normalized spacial score (nSPS) is 23.3. The number of pyridine rings is 2. The van der Waals surface area contributed by atoms with Gasteiger partial charge in [-0.1, -0.05) is 6.92 Å². The third kappa shape index (κ3) is 3.52. The smallest absolute Gasteiger partial charge is 0.410 e. The van der Waals surface area contributed by atoms with E-state index in [2.05, 4.69) is 4.90 Å². The molecule has 0 spiro atoms. The lowest BCUT2D eigenvalue weighted by Gasteiger charge is -2.37. The molecule has 1 unspecified atom stereocenters. The van der Waals surface area contributed by atoms with E-state index in [0.29, 0.717) is 53.4 Å². The molecule has 1 saturated heterocycles. The topological polar surface area (TPSA) is 117 Å². The van der Waals surface area contributed by atoms with Crippen LogP contribution in [0.25, 0.3) is 22.3 Å². The lowest BCUT2D eigenvalue weighted by Crippen LogP contribution is -2.48. The van der Waals surface area contributed by atoms with Gasteiger partial charge in [0.15, 0.2) is 6.29 Å². The van der Waals surface area contributed by atoms with E-state index < -0.39 is 11.9 Å². The fourth-order valence-corrected chi connectivity index (χ4v) is 5.30. The summed E-state index contributed by atoms with van der Waals surface area (Å²) < 4.78 is 12.6. The molecule has 10 heteroatoms. The molecule has 0 aliphatic carbocycles. The quantitative estimate of drug-likeness (QED) is 0.434. The molecule has 5 heterocycles. The summed E-state index contributed by atoms with van der Waals surface area (Å²) in [6, 6.07) is 9.00. The van der Waals surface area contributed by atoms with Gasteiger partial charge in [0.25, 0.3) is 5.56 Å². The van der Waals surface area contributed by atoms with Crippen molar-refractivity contribution in [3.63, 3.8) is 0 Å². The summed E-state index contributed by atoms with van der Waals surface area (Å²) in [6.07, 6.45) is -1.58. The zero-order valence-corrected chi connectivity index (χ0v) is 20.2. The standard InChI is InChI=1S/C26H28N4O6/c1-3-26(34)19-12-21-22-16(13-30(21)23(31)18(19)14-35-24(26)32)10-15-11-17(4-5-20(15)27-22)36-25(33)29-8-6-28(2)7-9-29/h4-5,10-12,24,32,34H,3,6-9,13-14H2,1-2H3/t24?,26-/m0/s1. The molecule has 10 nitrogen and oxygen atoms in total. The van der Waals surface area contributed by atoms with Crippen LogP contribution in [0.2, 0.25) is 0 Å². The summed E-state index contributed by atoms with van der Waals surface area (Å²) in [7, 11) is 2.03. The number of aliphatic hydroxyl groups excluding tert-OH is 1. The fraction of sp³-hybridized carbons (Fsp3) is 0.423. The van der Waals surface area contributed by atoms with Gasteiger partial charge in [0.2, 0.25) is 0 Å². The Balaban J connectivity index is 1.34. The Labute approximate surface area is 207 Å². The van der Waals surface area contributed by atoms with Crippen LogP contribution in [-0.4, -0.2) is 75.2 Å². The van der Waals surface area contributed by atoms with Crippen molar-refractivity contribution in [3.8, 4) is 17.1 Å². The first-order valence-corrected chi connectivity index (χ1v) is 12.2. The average molecular weight is 493 g/mol. The number of nitrogens with zero attached hydrogens (tertiary/aromatic N) is 4. The number of aliphatic hydroxyl groups is 2. The number of fused-ring (bicyclic) bond motifs is 5. The Kier molecular flexibility index (Phi) is 5.38. The van der Waals surface area contributed by atoms with Crippen LogP contribution in [-0.2, 0) is 23.5 Å². The molecule has 36 heavy (non-hydrogen) atoms. The predicted molar refractivity (Wildman–Crippen MR) is 131 cm³/mol. The molecule has 1 amide bonds. The number of carbonyl (C=O) groups excluding carboxylic acids is 1. The van der Waals surface area contributed by atoms with Gasteiger partial charge >= 0.3 is 6.09 Å². The molecular formula is C26H28N4O6. The van der Waals surface area contributed by atoms with Crippen LogP contribution in [0.5, 0.6) is 5.75 Å². The highest BCUT2D eigenvalue weighted by atomic mass is 16.6. The van der Waals surface area contributed by atoms with Crippen molar-refractivity contribution in [2.45, 2.75) is 38.4 Å². The molecule has 0 saturated carbocycles. The molecule has 1 fully saturated rings. The molecular weight excluding hydrogens is 464 g/mol. The van der Waals surface area contributed by atoms with E-state index in [1.165, 1.54) is 0 Å². The zero-order chi connectivity index (χ0) is 25.2. The molecule has 2 aromatic heterocycles. The number of rotatable bonds is 2. The number of hydrogen-bond acceptors (Lipinski definition) is 8. The van der Waals surface area contributed by atoms with Crippen LogP contribution in [0.4, 0.5) is 4.79 Å². The molecule has 6 rings (SSSR count). The average Bonchev–Trinajstić information content (AvgIpc) is 3.23. The van der Waals surface area contributed by atoms with Gasteiger partial charge in [-0.25, -0.2) is 9.78 Å². The number of piperazine rings is 1. The lowest BCUT2D eigenvalue weighted by molar-refractivity contribution is -0.236. The van der Waals surface area contributed by atoms with Crippen LogP contribution >= 0.6 is 0 Å². The first-order chi connectivity index (χ1) is 17.3. The highest BCUT2D eigenvalue weighted by Gasteiger charge is 2.44. The van der Waals surface area contributed by atoms with E-state index in [9.17, 15) is 19.8 Å².